The number of rotatable bonds is 7. The molecule has 110 valence electrons. The van der Waals surface area contributed by atoms with Crippen molar-refractivity contribution >= 4 is 17.4 Å². The van der Waals surface area contributed by atoms with Crippen molar-refractivity contribution in [2.24, 2.45) is 0 Å². The van der Waals surface area contributed by atoms with Crippen LogP contribution in [-0.2, 0) is 11.3 Å². The van der Waals surface area contributed by atoms with Gasteiger partial charge < -0.3 is 4.74 Å². The second-order valence-corrected chi connectivity index (χ2v) is 5.08. The van der Waals surface area contributed by atoms with Gasteiger partial charge in [-0.25, -0.2) is 4.39 Å². The number of ether oxygens (including phenoxy) is 1. The van der Waals surface area contributed by atoms with E-state index in [1.54, 1.807) is 0 Å². The highest BCUT2D eigenvalue weighted by Gasteiger charge is 2.06. The van der Waals surface area contributed by atoms with E-state index in [2.05, 4.69) is 0 Å². The van der Waals surface area contributed by atoms with Crippen LogP contribution in [0.25, 0.3) is 0 Å². The van der Waals surface area contributed by atoms with Crippen LogP contribution in [0.4, 0.5) is 4.39 Å². The molecule has 2 nitrogen and oxygen atoms in total. The minimum Gasteiger partial charge on any atom is -0.377 e. The molecular formula is C17H16ClFO2. The van der Waals surface area contributed by atoms with Crippen molar-refractivity contribution in [1.29, 1.82) is 0 Å². The van der Waals surface area contributed by atoms with Crippen LogP contribution < -0.4 is 0 Å². The highest BCUT2D eigenvalue weighted by atomic mass is 35.5. The van der Waals surface area contributed by atoms with Crippen molar-refractivity contribution in [1.82, 2.24) is 0 Å². The zero-order chi connectivity index (χ0) is 15.1. The molecule has 0 aliphatic heterocycles. The van der Waals surface area contributed by atoms with Crippen LogP contribution in [0, 0.1) is 5.82 Å². The molecule has 0 atom stereocenters. The minimum absolute atomic E-state index is 0.00339. The largest absolute Gasteiger partial charge is 0.377 e. The molecule has 2 rings (SSSR count). The number of carbonyl (C=O) groups excluding carboxylic acids is 1. The van der Waals surface area contributed by atoms with Crippen LogP contribution in [0.5, 0.6) is 0 Å². The van der Waals surface area contributed by atoms with Crippen molar-refractivity contribution in [2.75, 3.05) is 6.61 Å². The Morgan fingerprint density at radius 2 is 1.81 bits per heavy atom. The summed E-state index contributed by atoms with van der Waals surface area (Å²) in [5.74, 6) is -0.342. The lowest BCUT2D eigenvalue weighted by molar-refractivity contribution is 0.0919. The molecule has 4 heteroatoms. The average molecular weight is 307 g/mol. The molecule has 2 aromatic carbocycles. The highest BCUT2D eigenvalue weighted by molar-refractivity contribution is 6.31. The quantitative estimate of drug-likeness (QED) is 0.549. The van der Waals surface area contributed by atoms with Crippen LogP contribution in [0.3, 0.4) is 0 Å². The second-order valence-electron chi connectivity index (χ2n) is 4.68. The van der Waals surface area contributed by atoms with Gasteiger partial charge in [-0.1, -0.05) is 29.8 Å². The maximum absolute atomic E-state index is 12.8. The van der Waals surface area contributed by atoms with Gasteiger partial charge in [0.25, 0.3) is 0 Å². The van der Waals surface area contributed by atoms with Gasteiger partial charge in [-0.2, -0.15) is 0 Å². The Morgan fingerprint density at radius 3 is 2.52 bits per heavy atom. The number of benzene rings is 2. The molecule has 0 bridgehead atoms. The van der Waals surface area contributed by atoms with E-state index in [0.717, 1.165) is 5.56 Å². The summed E-state index contributed by atoms with van der Waals surface area (Å²) >= 11 is 6.02. The maximum atomic E-state index is 12.8. The van der Waals surface area contributed by atoms with E-state index < -0.39 is 0 Å². The van der Waals surface area contributed by atoms with Crippen molar-refractivity contribution in [3.63, 3.8) is 0 Å². The molecule has 0 radical (unpaired) electrons. The summed E-state index contributed by atoms with van der Waals surface area (Å²) in [5, 5.41) is 0.680. The third-order valence-corrected chi connectivity index (χ3v) is 3.44. The first-order chi connectivity index (χ1) is 10.2. The summed E-state index contributed by atoms with van der Waals surface area (Å²) in [5.41, 5.74) is 1.46. The number of Topliss-reactive ketones (excluding diaryl/α,β-unsaturated/α-hetero) is 1. The van der Waals surface area contributed by atoms with E-state index in [4.69, 9.17) is 16.3 Å². The summed E-state index contributed by atoms with van der Waals surface area (Å²) < 4.78 is 18.3. The number of hydrogen-bond acceptors (Lipinski definition) is 2. The van der Waals surface area contributed by atoms with Crippen LogP contribution in [0.2, 0.25) is 5.02 Å². The molecule has 0 unspecified atom stereocenters. The van der Waals surface area contributed by atoms with Gasteiger partial charge in [-0.05, 0) is 42.3 Å². The normalized spacial score (nSPS) is 10.6. The second kappa shape index (κ2) is 7.91. The fourth-order valence-corrected chi connectivity index (χ4v) is 2.10. The van der Waals surface area contributed by atoms with Crippen molar-refractivity contribution < 1.29 is 13.9 Å². The first kappa shape index (κ1) is 15.7. The fourth-order valence-electron chi connectivity index (χ4n) is 1.91. The number of hydrogen-bond donors (Lipinski definition) is 0. The molecule has 0 aromatic heterocycles. The van der Waals surface area contributed by atoms with Gasteiger partial charge in [0.15, 0.2) is 5.78 Å². The van der Waals surface area contributed by atoms with E-state index in [1.165, 1.54) is 24.3 Å². The topological polar surface area (TPSA) is 26.3 Å². The standard InChI is InChI=1S/C17H16ClFO2/c18-16-5-2-1-4-14(16)12-21-11-3-6-17(20)13-7-9-15(19)10-8-13/h1-2,4-5,7-10H,3,6,11-12H2. The lowest BCUT2D eigenvalue weighted by atomic mass is 10.1. The van der Waals surface area contributed by atoms with E-state index >= 15 is 0 Å². The molecule has 0 aliphatic rings. The molecular weight excluding hydrogens is 291 g/mol. The van der Waals surface area contributed by atoms with E-state index in [1.807, 2.05) is 24.3 Å². The van der Waals surface area contributed by atoms with Crippen molar-refractivity contribution in [3.05, 3.63) is 70.5 Å². The van der Waals surface area contributed by atoms with Crippen LogP contribution in [0.15, 0.2) is 48.5 Å². The van der Waals surface area contributed by atoms with Crippen molar-refractivity contribution in [3.8, 4) is 0 Å². The van der Waals surface area contributed by atoms with Gasteiger partial charge in [0.1, 0.15) is 5.82 Å². The molecule has 0 fully saturated rings. The number of halogens is 2. The molecule has 0 N–H and O–H groups in total. The smallest absolute Gasteiger partial charge is 0.162 e. The van der Waals surface area contributed by atoms with Crippen LogP contribution in [0.1, 0.15) is 28.8 Å². The van der Waals surface area contributed by atoms with Crippen LogP contribution >= 0.6 is 11.6 Å². The Balaban J connectivity index is 1.69. The summed E-state index contributed by atoms with van der Waals surface area (Å²) in [6.07, 6.45) is 1.01. The Bertz CT molecular complexity index is 596. The molecule has 0 saturated heterocycles. The zero-order valence-electron chi connectivity index (χ0n) is 11.5. The van der Waals surface area contributed by atoms with Crippen LogP contribution in [-0.4, -0.2) is 12.4 Å². The van der Waals surface area contributed by atoms with Crippen molar-refractivity contribution in [2.45, 2.75) is 19.4 Å². The summed E-state index contributed by atoms with van der Waals surface area (Å²) in [4.78, 5) is 11.8. The predicted molar refractivity (Wildman–Crippen MR) is 81.1 cm³/mol. The number of carbonyl (C=O) groups is 1. The molecule has 0 saturated carbocycles. The Kier molecular flexibility index (Phi) is 5.90. The molecule has 0 amide bonds. The predicted octanol–water partition coefficient (Wildman–Crippen LogP) is 4.66. The van der Waals surface area contributed by atoms with Gasteiger partial charge in [-0.15, -0.1) is 0 Å². The lowest BCUT2D eigenvalue weighted by Gasteiger charge is -2.06. The van der Waals surface area contributed by atoms with E-state index in [-0.39, 0.29) is 11.6 Å². The molecule has 0 spiro atoms. The maximum Gasteiger partial charge on any atom is 0.162 e. The third kappa shape index (κ3) is 4.96. The monoisotopic (exact) mass is 306 g/mol. The van der Waals surface area contributed by atoms with E-state index in [0.29, 0.717) is 36.6 Å². The lowest BCUT2D eigenvalue weighted by Crippen LogP contribution is -2.02. The van der Waals surface area contributed by atoms with E-state index in [9.17, 15) is 9.18 Å². The van der Waals surface area contributed by atoms with Gasteiger partial charge in [-0.3, -0.25) is 4.79 Å². The molecule has 0 heterocycles. The first-order valence-electron chi connectivity index (χ1n) is 6.77. The summed E-state index contributed by atoms with van der Waals surface area (Å²) in [6, 6.07) is 13.1. The summed E-state index contributed by atoms with van der Waals surface area (Å²) in [7, 11) is 0. The Labute approximate surface area is 128 Å². The SMILES string of the molecule is O=C(CCCOCc1ccccc1Cl)c1ccc(F)cc1. The average Bonchev–Trinajstić information content (AvgIpc) is 2.49. The minimum atomic E-state index is -0.338. The molecule has 2 aromatic rings. The Hall–Kier alpha value is -1.71. The van der Waals surface area contributed by atoms with Gasteiger partial charge >= 0.3 is 0 Å². The Morgan fingerprint density at radius 1 is 1.10 bits per heavy atom. The fraction of sp³-hybridized carbons (Fsp3) is 0.235. The van der Waals surface area contributed by atoms with Gasteiger partial charge in [0, 0.05) is 23.6 Å². The highest BCUT2D eigenvalue weighted by Crippen LogP contribution is 2.16. The van der Waals surface area contributed by atoms with Gasteiger partial charge in [0.05, 0.1) is 6.61 Å². The molecule has 21 heavy (non-hydrogen) atoms. The summed E-state index contributed by atoms with van der Waals surface area (Å²) in [6.45, 7) is 0.919. The number of ketones is 1. The molecule has 0 aliphatic carbocycles. The zero-order valence-corrected chi connectivity index (χ0v) is 12.3. The third-order valence-electron chi connectivity index (χ3n) is 3.07. The first-order valence-corrected chi connectivity index (χ1v) is 7.14. The van der Waals surface area contributed by atoms with Gasteiger partial charge in [0.2, 0.25) is 0 Å².